The molecule has 0 amide bonds. The first-order valence-electron chi connectivity index (χ1n) is 5.10. The highest BCUT2D eigenvalue weighted by Gasteiger charge is 2.50. The number of alkyl halides is 2. The molecule has 0 radical (unpaired) electrons. The zero-order chi connectivity index (χ0) is 12.1. The molecule has 2 atom stereocenters. The average Bonchev–Trinajstić information content (AvgIpc) is 2.17. The van der Waals surface area contributed by atoms with Crippen molar-refractivity contribution < 1.29 is 23.4 Å². The summed E-state index contributed by atoms with van der Waals surface area (Å²) in [5, 5.41) is 9.32. The van der Waals surface area contributed by atoms with Gasteiger partial charge in [-0.1, -0.05) is 20.3 Å². The summed E-state index contributed by atoms with van der Waals surface area (Å²) in [4.78, 5) is 10.9. The van der Waals surface area contributed by atoms with Gasteiger partial charge in [0.2, 0.25) is 0 Å². The van der Waals surface area contributed by atoms with Gasteiger partial charge in [0.25, 0.3) is 0 Å². The number of carbonyl (C=O) groups is 1. The molecule has 0 heterocycles. The normalized spacial score (nSPS) is 15.9. The second-order valence-electron chi connectivity index (χ2n) is 3.55. The molecule has 0 rings (SSSR count). The van der Waals surface area contributed by atoms with Gasteiger partial charge in [0.15, 0.2) is 0 Å². The van der Waals surface area contributed by atoms with Crippen LogP contribution >= 0.6 is 0 Å². The molecule has 1 N–H and O–H groups in total. The van der Waals surface area contributed by atoms with Gasteiger partial charge < -0.3 is 9.84 Å². The Balaban J connectivity index is 4.48. The van der Waals surface area contributed by atoms with Crippen LogP contribution in [0.5, 0.6) is 0 Å². The number of rotatable bonds is 6. The van der Waals surface area contributed by atoms with Gasteiger partial charge in [-0.05, 0) is 19.3 Å². The van der Waals surface area contributed by atoms with E-state index in [1.165, 1.54) is 13.8 Å². The van der Waals surface area contributed by atoms with E-state index in [1.807, 2.05) is 6.92 Å². The maximum atomic E-state index is 13.2. The number of ether oxygens (including phenoxy) is 1. The van der Waals surface area contributed by atoms with E-state index < -0.39 is 23.9 Å². The monoisotopic (exact) mass is 224 g/mol. The van der Waals surface area contributed by atoms with E-state index in [2.05, 4.69) is 4.74 Å². The Kier molecular flexibility index (Phi) is 5.72. The van der Waals surface area contributed by atoms with Crippen LogP contribution in [0.3, 0.4) is 0 Å². The Hall–Kier alpha value is -0.710. The summed E-state index contributed by atoms with van der Waals surface area (Å²) in [5.41, 5.74) is 0. The fraction of sp³-hybridized carbons (Fsp3) is 0.900. The Morgan fingerprint density at radius 3 is 2.40 bits per heavy atom. The molecule has 3 nitrogen and oxygen atoms in total. The van der Waals surface area contributed by atoms with Crippen molar-refractivity contribution in [1.82, 2.24) is 0 Å². The highest BCUT2D eigenvalue weighted by molar-refractivity contribution is 5.78. The number of carbonyl (C=O) groups excluding carboxylic acids is 1. The third kappa shape index (κ3) is 3.74. The first-order valence-corrected chi connectivity index (χ1v) is 5.10. The molecule has 0 fully saturated rings. The first kappa shape index (κ1) is 14.3. The number of hydrogen-bond donors (Lipinski definition) is 1. The number of aliphatic hydroxyl groups is 1. The Morgan fingerprint density at radius 1 is 1.47 bits per heavy atom. The highest BCUT2D eigenvalue weighted by Crippen LogP contribution is 2.27. The summed E-state index contributed by atoms with van der Waals surface area (Å²) in [5.74, 6) is -6.10. The molecule has 5 heteroatoms. The zero-order valence-electron chi connectivity index (χ0n) is 9.30. The van der Waals surface area contributed by atoms with Gasteiger partial charge in [0.05, 0.1) is 6.61 Å². The van der Waals surface area contributed by atoms with Gasteiger partial charge in [0, 0.05) is 0 Å². The van der Waals surface area contributed by atoms with Crippen molar-refractivity contribution in [1.29, 1.82) is 0 Å². The molecule has 0 aliphatic carbocycles. The molecular weight excluding hydrogens is 206 g/mol. The SMILES string of the molecule is CCC[C@H](C)C(O)C(F)(F)C(=O)OCC. The topological polar surface area (TPSA) is 46.5 Å². The third-order valence-corrected chi connectivity index (χ3v) is 2.20. The minimum atomic E-state index is -3.81. The largest absolute Gasteiger partial charge is 0.461 e. The zero-order valence-corrected chi connectivity index (χ0v) is 9.30. The predicted octanol–water partition coefficient (Wildman–Crippen LogP) is 1.98. The molecule has 1 unspecified atom stereocenters. The van der Waals surface area contributed by atoms with Gasteiger partial charge in [-0.15, -0.1) is 0 Å². The first-order chi connectivity index (χ1) is 6.87. The lowest BCUT2D eigenvalue weighted by molar-refractivity contribution is -0.193. The quantitative estimate of drug-likeness (QED) is 0.702. The predicted molar refractivity (Wildman–Crippen MR) is 51.7 cm³/mol. The summed E-state index contributed by atoms with van der Waals surface area (Å²) in [6.07, 6.45) is -0.857. The van der Waals surface area contributed by atoms with Crippen LogP contribution < -0.4 is 0 Å². The van der Waals surface area contributed by atoms with Gasteiger partial charge in [0.1, 0.15) is 6.10 Å². The summed E-state index contributed by atoms with van der Waals surface area (Å²) in [7, 11) is 0. The van der Waals surface area contributed by atoms with E-state index in [-0.39, 0.29) is 6.61 Å². The molecule has 0 saturated carbocycles. The van der Waals surface area contributed by atoms with E-state index in [0.29, 0.717) is 12.8 Å². The molecule has 0 saturated heterocycles. The molecule has 0 bridgehead atoms. The van der Waals surface area contributed by atoms with Crippen LogP contribution in [0.1, 0.15) is 33.6 Å². The van der Waals surface area contributed by atoms with Crippen molar-refractivity contribution in [3.63, 3.8) is 0 Å². The number of aliphatic hydroxyl groups excluding tert-OH is 1. The molecule has 0 aromatic heterocycles. The molecule has 15 heavy (non-hydrogen) atoms. The number of hydrogen-bond acceptors (Lipinski definition) is 3. The van der Waals surface area contributed by atoms with Gasteiger partial charge >= 0.3 is 11.9 Å². The second kappa shape index (κ2) is 6.00. The third-order valence-electron chi connectivity index (χ3n) is 2.20. The molecule has 0 aliphatic heterocycles. The van der Waals surface area contributed by atoms with Gasteiger partial charge in [-0.2, -0.15) is 8.78 Å². The number of esters is 1. The van der Waals surface area contributed by atoms with Gasteiger partial charge in [-0.3, -0.25) is 0 Å². The molecule has 0 aliphatic rings. The Labute approximate surface area is 88.4 Å². The standard InChI is InChI=1S/C10H18F2O3/c1-4-6-7(3)8(13)10(11,12)9(14)15-5-2/h7-8,13H,4-6H2,1-3H3/t7-,8?/m0/s1. The molecule has 0 aromatic carbocycles. The fourth-order valence-electron chi connectivity index (χ4n) is 1.32. The van der Waals surface area contributed by atoms with E-state index >= 15 is 0 Å². The van der Waals surface area contributed by atoms with Crippen LogP contribution in [0, 0.1) is 5.92 Å². The number of halogens is 2. The molecular formula is C10H18F2O3. The maximum absolute atomic E-state index is 13.2. The van der Waals surface area contributed by atoms with Crippen LogP contribution in [0.25, 0.3) is 0 Å². The summed E-state index contributed by atoms with van der Waals surface area (Å²) >= 11 is 0. The van der Waals surface area contributed by atoms with E-state index in [0.717, 1.165) is 0 Å². The van der Waals surface area contributed by atoms with E-state index in [9.17, 15) is 18.7 Å². The lowest BCUT2D eigenvalue weighted by Gasteiger charge is -2.25. The smallest absolute Gasteiger partial charge is 0.379 e. The van der Waals surface area contributed by atoms with E-state index in [1.54, 1.807) is 0 Å². The summed E-state index contributed by atoms with van der Waals surface area (Å²) in [6, 6.07) is 0. The summed E-state index contributed by atoms with van der Waals surface area (Å²) in [6.45, 7) is 4.63. The average molecular weight is 224 g/mol. The minimum Gasteiger partial charge on any atom is -0.461 e. The van der Waals surface area contributed by atoms with Crippen molar-refractivity contribution >= 4 is 5.97 Å². The van der Waals surface area contributed by atoms with Crippen molar-refractivity contribution in [3.8, 4) is 0 Å². The van der Waals surface area contributed by atoms with E-state index in [4.69, 9.17) is 0 Å². The van der Waals surface area contributed by atoms with Crippen LogP contribution in [0.15, 0.2) is 0 Å². The van der Waals surface area contributed by atoms with Crippen molar-refractivity contribution in [3.05, 3.63) is 0 Å². The van der Waals surface area contributed by atoms with Crippen LogP contribution in [0.4, 0.5) is 8.78 Å². The van der Waals surface area contributed by atoms with Crippen molar-refractivity contribution in [2.45, 2.75) is 45.6 Å². The van der Waals surface area contributed by atoms with Crippen LogP contribution in [-0.4, -0.2) is 29.7 Å². The van der Waals surface area contributed by atoms with Crippen LogP contribution in [-0.2, 0) is 9.53 Å². The van der Waals surface area contributed by atoms with Crippen molar-refractivity contribution in [2.24, 2.45) is 5.92 Å². The van der Waals surface area contributed by atoms with Crippen molar-refractivity contribution in [2.75, 3.05) is 6.61 Å². The summed E-state index contributed by atoms with van der Waals surface area (Å²) < 4.78 is 30.7. The Morgan fingerprint density at radius 2 is 2.00 bits per heavy atom. The fourth-order valence-corrected chi connectivity index (χ4v) is 1.32. The lowest BCUT2D eigenvalue weighted by atomic mass is 9.94. The highest BCUT2D eigenvalue weighted by atomic mass is 19.3. The minimum absolute atomic E-state index is 0.122. The molecule has 0 aromatic rings. The second-order valence-corrected chi connectivity index (χ2v) is 3.55. The maximum Gasteiger partial charge on any atom is 0.379 e. The molecule has 90 valence electrons. The molecule has 0 spiro atoms. The van der Waals surface area contributed by atoms with Crippen LogP contribution in [0.2, 0.25) is 0 Å². The van der Waals surface area contributed by atoms with Gasteiger partial charge in [-0.25, -0.2) is 4.79 Å². The Bertz CT molecular complexity index is 207. The lowest BCUT2D eigenvalue weighted by Crippen LogP contribution is -2.46.